The van der Waals surface area contributed by atoms with E-state index in [1.54, 1.807) is 0 Å². The summed E-state index contributed by atoms with van der Waals surface area (Å²) >= 11 is 0. The first-order valence-corrected chi connectivity index (χ1v) is 9.75. The number of ether oxygens (including phenoxy) is 2. The molecule has 0 saturated carbocycles. The van der Waals surface area contributed by atoms with Crippen molar-refractivity contribution in [3.05, 3.63) is 53.6 Å². The number of hydrogen-bond donors (Lipinski definition) is 1. The van der Waals surface area contributed by atoms with Crippen LogP contribution in [0.5, 0.6) is 11.5 Å². The van der Waals surface area contributed by atoms with Crippen molar-refractivity contribution in [2.75, 3.05) is 31.6 Å². The third-order valence-electron chi connectivity index (χ3n) is 5.28. The Kier molecular flexibility index (Phi) is 5.30. The number of carbonyl (C=O) groups is 1. The predicted molar refractivity (Wildman–Crippen MR) is 105 cm³/mol. The summed E-state index contributed by atoms with van der Waals surface area (Å²) in [7, 11) is 0. The normalized spacial score (nSPS) is 19.1. The van der Waals surface area contributed by atoms with Crippen molar-refractivity contribution in [2.24, 2.45) is 0 Å². The van der Waals surface area contributed by atoms with Gasteiger partial charge < -0.3 is 14.8 Å². The van der Waals surface area contributed by atoms with Gasteiger partial charge in [0.25, 0.3) is 0 Å². The van der Waals surface area contributed by atoms with E-state index in [4.69, 9.17) is 9.47 Å². The topological polar surface area (TPSA) is 50.8 Å². The van der Waals surface area contributed by atoms with E-state index in [-0.39, 0.29) is 11.9 Å². The zero-order valence-corrected chi connectivity index (χ0v) is 15.7. The van der Waals surface area contributed by atoms with Crippen molar-refractivity contribution in [1.82, 2.24) is 4.90 Å². The lowest BCUT2D eigenvalue weighted by Crippen LogP contribution is -2.33. The molecule has 2 aliphatic heterocycles. The Morgan fingerprint density at radius 2 is 2.00 bits per heavy atom. The van der Waals surface area contributed by atoms with E-state index in [1.807, 2.05) is 24.3 Å². The first-order valence-electron chi connectivity index (χ1n) is 9.75. The number of rotatable bonds is 5. The molecule has 2 aliphatic rings. The van der Waals surface area contributed by atoms with Crippen LogP contribution in [0.1, 0.15) is 36.9 Å². The fourth-order valence-electron chi connectivity index (χ4n) is 3.91. The van der Waals surface area contributed by atoms with Crippen molar-refractivity contribution >= 4 is 11.6 Å². The van der Waals surface area contributed by atoms with Crippen LogP contribution >= 0.6 is 0 Å². The molecule has 0 radical (unpaired) electrons. The minimum Gasteiger partial charge on any atom is -0.486 e. The van der Waals surface area contributed by atoms with Crippen LogP contribution in [0, 0.1) is 0 Å². The van der Waals surface area contributed by atoms with Gasteiger partial charge in [0.15, 0.2) is 11.5 Å². The van der Waals surface area contributed by atoms with Crippen LogP contribution in [-0.4, -0.2) is 37.1 Å². The number of amides is 1. The Balaban J connectivity index is 1.43. The predicted octanol–water partition coefficient (Wildman–Crippen LogP) is 3.80. The summed E-state index contributed by atoms with van der Waals surface area (Å²) in [6.07, 6.45) is 3.11. The number of fused-ring (bicyclic) bond motifs is 1. The van der Waals surface area contributed by atoms with Crippen LogP contribution in [-0.2, 0) is 11.2 Å². The molecule has 0 bridgehead atoms. The SMILES string of the molecule is CCc1cccc(NC(=O)CN2CCCC2c2ccc3c(c2)OCCO3)c1. The van der Waals surface area contributed by atoms with Crippen LogP contribution in [0.3, 0.4) is 0 Å². The summed E-state index contributed by atoms with van der Waals surface area (Å²) in [6, 6.07) is 14.4. The quantitative estimate of drug-likeness (QED) is 0.875. The number of nitrogens with one attached hydrogen (secondary N) is 1. The molecule has 27 heavy (non-hydrogen) atoms. The third kappa shape index (κ3) is 4.08. The summed E-state index contributed by atoms with van der Waals surface area (Å²) in [5.74, 6) is 1.65. The molecule has 4 rings (SSSR count). The zero-order valence-electron chi connectivity index (χ0n) is 15.7. The summed E-state index contributed by atoms with van der Waals surface area (Å²) in [6.45, 7) is 4.63. The molecule has 1 atom stereocenters. The van der Waals surface area contributed by atoms with E-state index in [2.05, 4.69) is 35.3 Å². The first kappa shape index (κ1) is 17.9. The van der Waals surface area contributed by atoms with Crippen molar-refractivity contribution in [2.45, 2.75) is 32.2 Å². The molecule has 1 fully saturated rings. The third-order valence-corrected chi connectivity index (χ3v) is 5.28. The van der Waals surface area contributed by atoms with E-state index in [0.29, 0.717) is 19.8 Å². The number of hydrogen-bond acceptors (Lipinski definition) is 4. The van der Waals surface area contributed by atoms with Gasteiger partial charge in [-0.2, -0.15) is 0 Å². The average molecular weight is 366 g/mol. The molecular formula is C22H26N2O3. The largest absolute Gasteiger partial charge is 0.486 e. The number of carbonyl (C=O) groups excluding carboxylic acids is 1. The zero-order chi connectivity index (χ0) is 18.6. The van der Waals surface area contributed by atoms with E-state index >= 15 is 0 Å². The maximum Gasteiger partial charge on any atom is 0.238 e. The van der Waals surface area contributed by atoms with Gasteiger partial charge in [0, 0.05) is 11.7 Å². The second-order valence-electron chi connectivity index (χ2n) is 7.13. The highest BCUT2D eigenvalue weighted by atomic mass is 16.6. The monoisotopic (exact) mass is 366 g/mol. The molecule has 0 spiro atoms. The Morgan fingerprint density at radius 3 is 2.85 bits per heavy atom. The van der Waals surface area contributed by atoms with Crippen LogP contribution in [0.2, 0.25) is 0 Å². The van der Waals surface area contributed by atoms with Crippen LogP contribution in [0.4, 0.5) is 5.69 Å². The molecule has 5 nitrogen and oxygen atoms in total. The maximum absolute atomic E-state index is 12.6. The van der Waals surface area contributed by atoms with Crippen molar-refractivity contribution in [3.8, 4) is 11.5 Å². The van der Waals surface area contributed by atoms with Gasteiger partial charge in [0.05, 0.1) is 6.54 Å². The lowest BCUT2D eigenvalue weighted by molar-refractivity contribution is -0.117. The molecule has 1 N–H and O–H groups in total. The van der Waals surface area contributed by atoms with Gasteiger partial charge in [-0.25, -0.2) is 0 Å². The number of aryl methyl sites for hydroxylation is 1. The Labute approximate surface area is 160 Å². The fourth-order valence-corrected chi connectivity index (χ4v) is 3.91. The molecule has 1 amide bonds. The summed E-state index contributed by atoms with van der Waals surface area (Å²) in [5.41, 5.74) is 3.29. The fraction of sp³-hybridized carbons (Fsp3) is 0.409. The smallest absolute Gasteiger partial charge is 0.238 e. The molecule has 2 heterocycles. The number of benzene rings is 2. The van der Waals surface area contributed by atoms with Crippen LogP contribution in [0.25, 0.3) is 0 Å². The molecule has 2 aromatic rings. The van der Waals surface area contributed by atoms with E-state index in [1.165, 1.54) is 11.1 Å². The van der Waals surface area contributed by atoms with Gasteiger partial charge in [0.1, 0.15) is 13.2 Å². The van der Waals surface area contributed by atoms with Crippen molar-refractivity contribution in [3.63, 3.8) is 0 Å². The van der Waals surface area contributed by atoms with E-state index < -0.39 is 0 Å². The standard InChI is InChI=1S/C22H26N2O3/c1-2-16-5-3-6-18(13-16)23-22(25)15-24-10-4-7-19(24)17-8-9-20-21(14-17)27-12-11-26-20/h3,5-6,8-9,13-14,19H,2,4,7,10-12,15H2,1H3,(H,23,25). The highest BCUT2D eigenvalue weighted by molar-refractivity contribution is 5.92. The summed E-state index contributed by atoms with van der Waals surface area (Å²) in [5, 5.41) is 3.04. The van der Waals surface area contributed by atoms with Gasteiger partial charge in [-0.15, -0.1) is 0 Å². The number of likely N-dealkylation sites (tertiary alicyclic amines) is 1. The Bertz CT molecular complexity index is 821. The van der Waals surface area contributed by atoms with E-state index in [9.17, 15) is 4.79 Å². The van der Waals surface area contributed by atoms with Crippen LogP contribution < -0.4 is 14.8 Å². The average Bonchev–Trinajstić information content (AvgIpc) is 3.15. The van der Waals surface area contributed by atoms with Gasteiger partial charge in [-0.05, 0) is 61.2 Å². The molecule has 0 aromatic heterocycles. The molecule has 1 saturated heterocycles. The minimum atomic E-state index is 0.0349. The van der Waals surface area contributed by atoms with Gasteiger partial charge in [-0.1, -0.05) is 25.1 Å². The summed E-state index contributed by atoms with van der Waals surface area (Å²) in [4.78, 5) is 14.8. The highest BCUT2D eigenvalue weighted by Gasteiger charge is 2.28. The van der Waals surface area contributed by atoms with Crippen LogP contribution in [0.15, 0.2) is 42.5 Å². The van der Waals surface area contributed by atoms with Gasteiger partial charge in [-0.3, -0.25) is 9.69 Å². The van der Waals surface area contributed by atoms with Crippen molar-refractivity contribution < 1.29 is 14.3 Å². The first-order chi connectivity index (χ1) is 13.2. The Hall–Kier alpha value is -2.53. The molecule has 0 aliphatic carbocycles. The minimum absolute atomic E-state index is 0.0349. The lowest BCUT2D eigenvalue weighted by atomic mass is 10.0. The lowest BCUT2D eigenvalue weighted by Gasteiger charge is -2.26. The molecular weight excluding hydrogens is 340 g/mol. The van der Waals surface area contributed by atoms with Crippen molar-refractivity contribution in [1.29, 1.82) is 0 Å². The second-order valence-corrected chi connectivity index (χ2v) is 7.13. The number of anilines is 1. The number of nitrogens with zero attached hydrogens (tertiary/aromatic N) is 1. The second kappa shape index (κ2) is 8.01. The summed E-state index contributed by atoms with van der Waals surface area (Å²) < 4.78 is 11.3. The van der Waals surface area contributed by atoms with Gasteiger partial charge in [0.2, 0.25) is 5.91 Å². The van der Waals surface area contributed by atoms with E-state index in [0.717, 1.165) is 43.0 Å². The molecule has 2 aromatic carbocycles. The molecule has 1 unspecified atom stereocenters. The molecule has 142 valence electrons. The maximum atomic E-state index is 12.6. The Morgan fingerprint density at radius 1 is 1.15 bits per heavy atom. The van der Waals surface area contributed by atoms with Gasteiger partial charge >= 0.3 is 0 Å². The highest BCUT2D eigenvalue weighted by Crippen LogP contribution is 2.37. The molecule has 5 heteroatoms.